The first-order valence-corrected chi connectivity index (χ1v) is 9.85. The van der Waals surface area contributed by atoms with Crippen molar-refractivity contribution in [3.05, 3.63) is 124 Å². The van der Waals surface area contributed by atoms with Gasteiger partial charge in [-0.2, -0.15) is 0 Å². The Morgan fingerprint density at radius 2 is 1.29 bits per heavy atom. The molecule has 4 aromatic rings. The molecule has 0 aliphatic heterocycles. The molecular weight excluding hydrogens is 415 g/mol. The molecule has 1 nitrogen and oxygen atoms in total. The monoisotopic (exact) mass is 430 g/mol. The standard InChI is InChI=1S/C25H16BrFO/c26-18-9-14-22-21-3-1-2-4-23(21)25(24(22)15-18,16-5-10-19(27)11-6-16)17-7-12-20(28)13-8-17/h1-15,28H. The molecule has 1 unspecified atom stereocenters. The molecule has 1 atom stereocenters. The Kier molecular flexibility index (Phi) is 3.88. The molecule has 0 heterocycles. The third kappa shape index (κ3) is 2.36. The molecule has 136 valence electrons. The van der Waals surface area contributed by atoms with Gasteiger partial charge in [-0.3, -0.25) is 0 Å². The smallest absolute Gasteiger partial charge is 0.123 e. The van der Waals surface area contributed by atoms with Gasteiger partial charge >= 0.3 is 0 Å². The van der Waals surface area contributed by atoms with Crippen molar-refractivity contribution in [2.75, 3.05) is 0 Å². The van der Waals surface area contributed by atoms with Crippen molar-refractivity contribution in [2.24, 2.45) is 0 Å². The lowest BCUT2D eigenvalue weighted by Gasteiger charge is -2.34. The predicted octanol–water partition coefficient (Wildman–Crippen LogP) is 6.66. The number of aromatic hydroxyl groups is 1. The highest BCUT2D eigenvalue weighted by molar-refractivity contribution is 9.10. The van der Waals surface area contributed by atoms with Crippen LogP contribution >= 0.6 is 15.9 Å². The Balaban J connectivity index is 1.96. The maximum absolute atomic E-state index is 13.8. The zero-order valence-corrected chi connectivity index (χ0v) is 16.4. The maximum Gasteiger partial charge on any atom is 0.123 e. The Morgan fingerprint density at radius 3 is 2.00 bits per heavy atom. The Hall–Kier alpha value is -2.91. The van der Waals surface area contributed by atoms with Crippen LogP contribution in [-0.4, -0.2) is 5.11 Å². The average molecular weight is 431 g/mol. The van der Waals surface area contributed by atoms with Gasteiger partial charge in [-0.25, -0.2) is 4.39 Å². The van der Waals surface area contributed by atoms with Crippen molar-refractivity contribution in [1.82, 2.24) is 0 Å². The fourth-order valence-electron chi connectivity index (χ4n) is 4.45. The zero-order valence-electron chi connectivity index (χ0n) is 14.9. The number of phenols is 1. The third-order valence-corrected chi connectivity index (χ3v) is 6.08. The molecule has 0 aromatic heterocycles. The molecule has 3 heteroatoms. The molecule has 0 fully saturated rings. The predicted molar refractivity (Wildman–Crippen MR) is 113 cm³/mol. The lowest BCUT2D eigenvalue weighted by molar-refractivity contribution is 0.475. The minimum absolute atomic E-state index is 0.221. The number of hydrogen-bond donors (Lipinski definition) is 1. The van der Waals surface area contributed by atoms with Gasteiger partial charge in [0, 0.05) is 4.47 Å². The average Bonchev–Trinajstić information content (AvgIpc) is 3.00. The van der Waals surface area contributed by atoms with Crippen LogP contribution < -0.4 is 0 Å². The minimum Gasteiger partial charge on any atom is -0.508 e. The molecule has 0 saturated carbocycles. The highest BCUT2D eigenvalue weighted by atomic mass is 79.9. The van der Waals surface area contributed by atoms with E-state index in [9.17, 15) is 9.50 Å². The molecule has 28 heavy (non-hydrogen) atoms. The van der Waals surface area contributed by atoms with E-state index in [2.05, 4.69) is 40.2 Å². The summed E-state index contributed by atoms with van der Waals surface area (Å²) in [5.41, 5.74) is 6.06. The maximum atomic E-state index is 13.8. The van der Waals surface area contributed by atoms with E-state index in [0.717, 1.165) is 32.3 Å². The number of fused-ring (bicyclic) bond motifs is 3. The van der Waals surface area contributed by atoms with Gasteiger partial charge in [0.1, 0.15) is 11.6 Å². The lowest BCUT2D eigenvalue weighted by Crippen LogP contribution is -2.28. The highest BCUT2D eigenvalue weighted by Gasteiger charge is 2.46. The first kappa shape index (κ1) is 17.2. The second-order valence-corrected chi connectivity index (χ2v) is 7.95. The van der Waals surface area contributed by atoms with E-state index < -0.39 is 5.41 Å². The van der Waals surface area contributed by atoms with E-state index in [1.54, 1.807) is 12.1 Å². The first-order chi connectivity index (χ1) is 13.6. The number of phenolic OH excluding ortho intramolecular Hbond substituents is 1. The van der Waals surface area contributed by atoms with Gasteiger partial charge in [0.25, 0.3) is 0 Å². The van der Waals surface area contributed by atoms with Gasteiger partial charge in [-0.15, -0.1) is 0 Å². The van der Waals surface area contributed by atoms with Gasteiger partial charge in [-0.05, 0) is 69.8 Å². The van der Waals surface area contributed by atoms with E-state index in [1.165, 1.54) is 17.7 Å². The topological polar surface area (TPSA) is 20.2 Å². The lowest BCUT2D eigenvalue weighted by atomic mass is 9.68. The molecule has 0 amide bonds. The van der Waals surface area contributed by atoms with Crippen molar-refractivity contribution < 1.29 is 9.50 Å². The van der Waals surface area contributed by atoms with Crippen LogP contribution in [0.5, 0.6) is 5.75 Å². The summed E-state index contributed by atoms with van der Waals surface area (Å²) in [7, 11) is 0. The molecule has 4 aromatic carbocycles. The number of rotatable bonds is 2. The number of halogens is 2. The summed E-state index contributed by atoms with van der Waals surface area (Å²) in [6, 6.07) is 28.7. The van der Waals surface area contributed by atoms with Gasteiger partial charge in [0.05, 0.1) is 5.41 Å². The normalized spacial score (nSPS) is 17.2. The molecule has 0 radical (unpaired) electrons. The molecule has 1 aliphatic carbocycles. The Morgan fingerprint density at radius 1 is 0.679 bits per heavy atom. The minimum atomic E-state index is -0.586. The second-order valence-electron chi connectivity index (χ2n) is 7.04. The van der Waals surface area contributed by atoms with Crippen molar-refractivity contribution in [1.29, 1.82) is 0 Å². The fraction of sp³-hybridized carbons (Fsp3) is 0.0400. The van der Waals surface area contributed by atoms with E-state index in [-0.39, 0.29) is 11.6 Å². The molecule has 0 spiro atoms. The third-order valence-electron chi connectivity index (χ3n) is 5.58. The molecule has 1 N–H and O–H groups in total. The van der Waals surface area contributed by atoms with E-state index in [0.29, 0.717) is 0 Å². The summed E-state index contributed by atoms with van der Waals surface area (Å²) in [6.45, 7) is 0. The van der Waals surface area contributed by atoms with E-state index >= 15 is 0 Å². The fourth-order valence-corrected chi connectivity index (χ4v) is 4.81. The summed E-state index contributed by atoms with van der Waals surface area (Å²) < 4.78 is 14.8. The molecule has 5 rings (SSSR count). The van der Waals surface area contributed by atoms with Crippen LogP contribution in [0.2, 0.25) is 0 Å². The van der Waals surface area contributed by atoms with Crippen molar-refractivity contribution >= 4 is 15.9 Å². The van der Waals surface area contributed by atoms with Crippen LogP contribution in [-0.2, 0) is 5.41 Å². The summed E-state index contributed by atoms with van der Waals surface area (Å²) in [5, 5.41) is 9.87. The van der Waals surface area contributed by atoms with Crippen LogP contribution in [0.1, 0.15) is 22.3 Å². The van der Waals surface area contributed by atoms with Gasteiger partial charge in [0.2, 0.25) is 0 Å². The van der Waals surface area contributed by atoms with Crippen molar-refractivity contribution in [3.63, 3.8) is 0 Å². The van der Waals surface area contributed by atoms with Crippen molar-refractivity contribution in [2.45, 2.75) is 5.41 Å². The summed E-state index contributed by atoms with van der Waals surface area (Å²) in [6.07, 6.45) is 0. The summed E-state index contributed by atoms with van der Waals surface area (Å²) in [5.74, 6) is -0.0379. The summed E-state index contributed by atoms with van der Waals surface area (Å²) >= 11 is 3.63. The first-order valence-electron chi connectivity index (χ1n) is 9.06. The van der Waals surface area contributed by atoms with Gasteiger partial charge in [-0.1, -0.05) is 70.5 Å². The van der Waals surface area contributed by atoms with Gasteiger partial charge in [0.15, 0.2) is 0 Å². The highest BCUT2D eigenvalue weighted by Crippen LogP contribution is 2.56. The quantitative estimate of drug-likeness (QED) is 0.332. The second kappa shape index (κ2) is 6.32. The molecule has 0 bridgehead atoms. The van der Waals surface area contributed by atoms with Crippen molar-refractivity contribution in [3.8, 4) is 16.9 Å². The van der Waals surface area contributed by atoms with Gasteiger partial charge < -0.3 is 5.11 Å². The van der Waals surface area contributed by atoms with Crippen LogP contribution in [0.3, 0.4) is 0 Å². The zero-order chi connectivity index (χ0) is 19.3. The van der Waals surface area contributed by atoms with Crippen LogP contribution in [0.25, 0.3) is 11.1 Å². The number of benzene rings is 4. The molecule has 0 saturated heterocycles. The molecule has 1 aliphatic rings. The summed E-state index contributed by atoms with van der Waals surface area (Å²) in [4.78, 5) is 0. The Bertz CT molecular complexity index is 1130. The number of hydrogen-bond acceptors (Lipinski definition) is 1. The Labute approximate surface area is 171 Å². The largest absolute Gasteiger partial charge is 0.508 e. The van der Waals surface area contributed by atoms with Crippen LogP contribution in [0, 0.1) is 5.82 Å². The van der Waals surface area contributed by atoms with Crippen LogP contribution in [0.15, 0.2) is 95.5 Å². The van der Waals surface area contributed by atoms with E-state index in [1.807, 2.05) is 42.5 Å². The van der Waals surface area contributed by atoms with E-state index in [4.69, 9.17) is 0 Å². The van der Waals surface area contributed by atoms with Crippen LogP contribution in [0.4, 0.5) is 4.39 Å². The SMILES string of the molecule is Oc1ccc(C2(c3ccc(F)cc3)c3ccccc3-c3ccc(Br)cc32)cc1. The molecular formula is C25H16BrFO.